The maximum atomic E-state index is 14.0. The standard InChI is InChI=1S/C15H9Cl2FN2O2/c16-10-5-4-8(6-11(10)17)19-12-2-1-3-13-9(12)7-14(15(21)22)20(13)18/h1-7,19H,(H,21,22). The Labute approximate surface area is 134 Å². The molecule has 2 N–H and O–H groups in total. The van der Waals surface area contributed by atoms with Gasteiger partial charge in [-0.1, -0.05) is 33.7 Å². The van der Waals surface area contributed by atoms with Crippen LogP contribution in [0.4, 0.5) is 15.9 Å². The molecule has 4 nitrogen and oxygen atoms in total. The van der Waals surface area contributed by atoms with E-state index in [0.717, 1.165) is 0 Å². The lowest BCUT2D eigenvalue weighted by Gasteiger charge is -2.08. The smallest absolute Gasteiger partial charge is 0.355 e. The van der Waals surface area contributed by atoms with Crippen molar-refractivity contribution in [3.05, 3.63) is 58.2 Å². The Hall–Kier alpha value is -2.24. The van der Waals surface area contributed by atoms with E-state index in [1.165, 1.54) is 12.1 Å². The molecule has 0 radical (unpaired) electrons. The van der Waals surface area contributed by atoms with Crippen LogP contribution in [0.5, 0.6) is 0 Å². The molecule has 3 rings (SSSR count). The highest BCUT2D eigenvalue weighted by Gasteiger charge is 2.16. The SMILES string of the molecule is O=C(O)c1cc2c(Nc3ccc(Cl)c(Cl)c3)cccc2n1F. The van der Waals surface area contributed by atoms with Gasteiger partial charge in [0.15, 0.2) is 5.69 Å². The molecule has 0 fully saturated rings. The van der Waals surface area contributed by atoms with Crippen molar-refractivity contribution in [1.29, 1.82) is 0 Å². The second kappa shape index (κ2) is 5.51. The van der Waals surface area contributed by atoms with Crippen LogP contribution in [0.2, 0.25) is 10.0 Å². The predicted octanol–water partition coefficient (Wildman–Crippen LogP) is 5.12. The molecule has 0 spiro atoms. The molecule has 0 amide bonds. The van der Waals surface area contributed by atoms with Crippen LogP contribution in [-0.2, 0) is 0 Å². The summed E-state index contributed by atoms with van der Waals surface area (Å²) in [6, 6.07) is 11.1. The van der Waals surface area contributed by atoms with Gasteiger partial charge in [-0.2, -0.15) is 4.79 Å². The molecule has 1 heterocycles. The van der Waals surface area contributed by atoms with Gasteiger partial charge in [-0.3, -0.25) is 0 Å². The summed E-state index contributed by atoms with van der Waals surface area (Å²) < 4.78 is 14.0. The van der Waals surface area contributed by atoms with E-state index in [4.69, 9.17) is 28.3 Å². The number of fused-ring (bicyclic) bond motifs is 1. The van der Waals surface area contributed by atoms with Crippen LogP contribution in [0.15, 0.2) is 42.5 Å². The van der Waals surface area contributed by atoms with Gasteiger partial charge < -0.3 is 10.4 Å². The average Bonchev–Trinajstić information content (AvgIpc) is 2.82. The highest BCUT2D eigenvalue weighted by Crippen LogP contribution is 2.32. The molecule has 0 aliphatic rings. The van der Waals surface area contributed by atoms with Crippen molar-refractivity contribution in [2.24, 2.45) is 0 Å². The molecular formula is C15H9Cl2FN2O2. The van der Waals surface area contributed by atoms with Crippen LogP contribution in [0, 0.1) is 0 Å². The van der Waals surface area contributed by atoms with Gasteiger partial charge in [0.05, 0.1) is 15.6 Å². The quantitative estimate of drug-likeness (QED) is 0.696. The zero-order chi connectivity index (χ0) is 15.9. The second-order valence-electron chi connectivity index (χ2n) is 4.61. The van der Waals surface area contributed by atoms with E-state index in [9.17, 15) is 9.28 Å². The van der Waals surface area contributed by atoms with Crippen LogP contribution in [0.25, 0.3) is 10.9 Å². The first kappa shape index (κ1) is 14.7. The molecule has 22 heavy (non-hydrogen) atoms. The number of hydrogen-bond acceptors (Lipinski definition) is 2. The van der Waals surface area contributed by atoms with Gasteiger partial charge in [-0.25, -0.2) is 4.79 Å². The highest BCUT2D eigenvalue weighted by molar-refractivity contribution is 6.42. The van der Waals surface area contributed by atoms with Crippen LogP contribution in [0.1, 0.15) is 10.5 Å². The van der Waals surface area contributed by atoms with Gasteiger partial charge in [-0.15, -0.1) is 0 Å². The minimum atomic E-state index is -1.33. The van der Waals surface area contributed by atoms with Crippen molar-refractivity contribution < 1.29 is 14.4 Å². The Morgan fingerprint density at radius 2 is 1.91 bits per heavy atom. The van der Waals surface area contributed by atoms with Gasteiger partial charge >= 0.3 is 5.97 Å². The van der Waals surface area contributed by atoms with Crippen molar-refractivity contribution in [2.45, 2.75) is 0 Å². The number of aromatic nitrogens is 1. The lowest BCUT2D eigenvalue weighted by molar-refractivity contribution is 0.0674. The van der Waals surface area contributed by atoms with Crippen LogP contribution in [-0.4, -0.2) is 15.9 Å². The zero-order valence-electron chi connectivity index (χ0n) is 11.0. The van der Waals surface area contributed by atoms with Crippen molar-refractivity contribution in [3.8, 4) is 0 Å². The molecule has 3 aromatic rings. The first-order valence-corrected chi connectivity index (χ1v) is 6.99. The third-order valence-electron chi connectivity index (χ3n) is 3.20. The Kier molecular flexibility index (Phi) is 3.68. The fraction of sp³-hybridized carbons (Fsp3) is 0. The Morgan fingerprint density at radius 1 is 1.14 bits per heavy atom. The summed E-state index contributed by atoms with van der Waals surface area (Å²) in [5.41, 5.74) is 0.959. The normalized spacial score (nSPS) is 10.9. The van der Waals surface area contributed by atoms with E-state index in [0.29, 0.717) is 26.8 Å². The first-order valence-electron chi connectivity index (χ1n) is 6.23. The number of rotatable bonds is 3. The van der Waals surface area contributed by atoms with E-state index >= 15 is 0 Å². The number of halogens is 3. The highest BCUT2D eigenvalue weighted by atomic mass is 35.5. The Morgan fingerprint density at radius 3 is 2.59 bits per heavy atom. The minimum absolute atomic E-state index is 0.150. The maximum Gasteiger partial charge on any atom is 0.355 e. The molecule has 0 atom stereocenters. The zero-order valence-corrected chi connectivity index (χ0v) is 12.5. The van der Waals surface area contributed by atoms with Crippen molar-refractivity contribution >= 4 is 51.4 Å². The average molecular weight is 339 g/mol. The number of carboxylic acid groups (broad SMARTS) is 1. The predicted molar refractivity (Wildman–Crippen MR) is 85.1 cm³/mol. The van der Waals surface area contributed by atoms with Crippen LogP contribution in [0.3, 0.4) is 0 Å². The number of nitrogens with one attached hydrogen (secondary N) is 1. The molecule has 0 bridgehead atoms. The molecule has 0 saturated carbocycles. The Bertz CT molecular complexity index is 893. The van der Waals surface area contributed by atoms with Crippen LogP contribution >= 0.6 is 23.2 Å². The van der Waals surface area contributed by atoms with Gasteiger partial charge in [0.2, 0.25) is 0 Å². The molecule has 0 aliphatic carbocycles. The molecular weight excluding hydrogens is 330 g/mol. The summed E-state index contributed by atoms with van der Waals surface area (Å²) in [4.78, 5) is 11.2. The summed E-state index contributed by atoms with van der Waals surface area (Å²) in [6.07, 6.45) is 0. The molecule has 0 unspecified atom stereocenters. The number of aromatic carboxylic acids is 1. The van der Waals surface area contributed by atoms with E-state index < -0.39 is 11.7 Å². The fourth-order valence-corrected chi connectivity index (χ4v) is 2.48. The molecule has 7 heteroatoms. The monoisotopic (exact) mass is 338 g/mol. The fourth-order valence-electron chi connectivity index (χ4n) is 2.18. The lowest BCUT2D eigenvalue weighted by Crippen LogP contribution is -2.00. The number of carbonyl (C=O) groups is 1. The minimum Gasteiger partial charge on any atom is -0.476 e. The van der Waals surface area contributed by atoms with E-state index in [1.807, 2.05) is 0 Å². The first-order chi connectivity index (χ1) is 10.5. The van der Waals surface area contributed by atoms with Gasteiger partial charge in [0.1, 0.15) is 0 Å². The van der Waals surface area contributed by atoms with Crippen molar-refractivity contribution in [3.63, 3.8) is 0 Å². The number of nitrogens with zero attached hydrogens (tertiary/aromatic N) is 1. The maximum absolute atomic E-state index is 14.0. The second-order valence-corrected chi connectivity index (χ2v) is 5.42. The Balaban J connectivity index is 2.09. The van der Waals surface area contributed by atoms with Gasteiger partial charge in [0.25, 0.3) is 0 Å². The van der Waals surface area contributed by atoms with Gasteiger partial charge in [-0.05, 0) is 36.4 Å². The van der Waals surface area contributed by atoms with E-state index in [-0.39, 0.29) is 10.3 Å². The molecule has 2 aromatic carbocycles. The number of anilines is 2. The molecule has 1 aromatic heterocycles. The number of benzene rings is 2. The van der Waals surface area contributed by atoms with E-state index in [2.05, 4.69) is 5.32 Å². The number of carboxylic acids is 1. The van der Waals surface area contributed by atoms with Crippen molar-refractivity contribution in [2.75, 3.05) is 5.32 Å². The summed E-state index contributed by atoms with van der Waals surface area (Å²) in [5, 5.41) is 13.3. The topological polar surface area (TPSA) is 54.3 Å². The summed E-state index contributed by atoms with van der Waals surface area (Å²) >= 11 is 11.8. The summed E-state index contributed by atoms with van der Waals surface area (Å²) in [7, 11) is 0. The molecule has 112 valence electrons. The summed E-state index contributed by atoms with van der Waals surface area (Å²) in [6.45, 7) is 0. The molecule has 0 aliphatic heterocycles. The van der Waals surface area contributed by atoms with Crippen molar-refractivity contribution in [1.82, 2.24) is 4.79 Å². The van der Waals surface area contributed by atoms with Gasteiger partial charge in [0, 0.05) is 16.8 Å². The largest absolute Gasteiger partial charge is 0.476 e. The lowest BCUT2D eigenvalue weighted by atomic mass is 10.2. The summed E-state index contributed by atoms with van der Waals surface area (Å²) in [5.74, 6) is -1.33. The van der Waals surface area contributed by atoms with Crippen LogP contribution < -0.4 is 5.32 Å². The molecule has 0 saturated heterocycles. The third kappa shape index (κ3) is 2.49. The number of hydrogen-bond donors (Lipinski definition) is 2. The van der Waals surface area contributed by atoms with E-state index in [1.54, 1.807) is 30.3 Å². The third-order valence-corrected chi connectivity index (χ3v) is 3.94.